The van der Waals surface area contributed by atoms with Gasteiger partial charge >= 0.3 is 0 Å². The second-order valence-electron chi connectivity index (χ2n) is 9.70. The number of aryl methyl sites for hydroxylation is 2. The van der Waals surface area contributed by atoms with Crippen LogP contribution < -0.4 is 11.1 Å². The van der Waals surface area contributed by atoms with E-state index in [1.165, 1.54) is 4.57 Å². The molecule has 0 amide bonds. The molecule has 0 saturated carbocycles. The molecule has 4 aromatic heterocycles. The van der Waals surface area contributed by atoms with Crippen LogP contribution in [0.15, 0.2) is 70.8 Å². The molecule has 5 rings (SSSR count). The van der Waals surface area contributed by atoms with Gasteiger partial charge in [0.2, 0.25) is 0 Å². The lowest BCUT2D eigenvalue weighted by molar-refractivity contribution is 0.532. The summed E-state index contributed by atoms with van der Waals surface area (Å²) in [4.78, 5) is 29.2. The number of H-pyrrole nitrogens is 1. The summed E-state index contributed by atoms with van der Waals surface area (Å²) >= 11 is -0.976. The second-order valence-corrected chi connectivity index (χ2v) is 11.1. The van der Waals surface area contributed by atoms with Crippen molar-refractivity contribution >= 4 is 22.1 Å². The van der Waals surface area contributed by atoms with Crippen molar-refractivity contribution in [3.8, 4) is 33.5 Å². The Hall–Kier alpha value is -3.82. The van der Waals surface area contributed by atoms with Gasteiger partial charge in [0.1, 0.15) is 11.3 Å². The molecule has 0 aliphatic carbocycles. The molecule has 0 bridgehead atoms. The number of hydrogen-bond acceptors (Lipinski definition) is 4. The Morgan fingerprint density at radius 1 is 0.973 bits per heavy atom. The summed E-state index contributed by atoms with van der Waals surface area (Å²) in [5.74, 6) is 0.449. The van der Waals surface area contributed by atoms with Gasteiger partial charge in [-0.15, -0.1) is 0 Å². The van der Waals surface area contributed by atoms with Crippen molar-refractivity contribution in [2.75, 3.05) is 6.26 Å². The third-order valence-electron chi connectivity index (χ3n) is 6.53. The normalized spacial score (nSPS) is 12.5. The van der Waals surface area contributed by atoms with E-state index in [-0.39, 0.29) is 17.2 Å². The lowest BCUT2D eigenvalue weighted by Crippen LogP contribution is -2.18. The number of benzene rings is 1. The van der Waals surface area contributed by atoms with Gasteiger partial charge in [0, 0.05) is 78.1 Å². The lowest BCUT2D eigenvalue weighted by atomic mass is 9.94. The Morgan fingerprint density at radius 3 is 2.43 bits per heavy atom. The van der Waals surface area contributed by atoms with Crippen LogP contribution in [-0.4, -0.2) is 34.7 Å². The number of aromatic amines is 1. The number of aromatic nitrogens is 5. The highest BCUT2D eigenvalue weighted by molar-refractivity contribution is 7.89. The maximum absolute atomic E-state index is 13.1. The minimum Gasteiger partial charge on any atom is -0.616 e. The summed E-state index contributed by atoms with van der Waals surface area (Å²) in [6.07, 6.45) is 9.01. The number of fused-ring (bicyclic) bond motifs is 1. The van der Waals surface area contributed by atoms with E-state index in [4.69, 9.17) is 0 Å². The molecule has 0 aliphatic rings. The summed E-state index contributed by atoms with van der Waals surface area (Å²) < 4.78 is 16.8. The first-order valence-corrected chi connectivity index (χ1v) is 13.7. The van der Waals surface area contributed by atoms with Crippen LogP contribution in [0.5, 0.6) is 0 Å². The van der Waals surface area contributed by atoms with Crippen molar-refractivity contribution in [2.24, 2.45) is 14.1 Å². The molecule has 8 nitrogen and oxygen atoms in total. The van der Waals surface area contributed by atoms with E-state index >= 15 is 0 Å². The Kier molecular flexibility index (Phi) is 6.43. The van der Waals surface area contributed by atoms with Gasteiger partial charge in [-0.2, -0.15) is 5.10 Å². The highest BCUT2D eigenvalue weighted by Crippen LogP contribution is 2.36. The zero-order valence-electron chi connectivity index (χ0n) is 21.5. The molecule has 4 heterocycles. The standard InChI is InChI=1S/C28H29N5O3S/c1-17(2)33-13-20(12-29-33)25-10-22-24(15-32(4)28(35)27(22)30-25)21-11-26(34)31(3)14-23(21)19-8-6-7-18(9-19)16-37(5)36/h6-15,17,30H,16H2,1-5H3. The molecule has 190 valence electrons. The first-order valence-electron chi connectivity index (χ1n) is 12.0. The molecular formula is C28H29N5O3S. The van der Waals surface area contributed by atoms with Crippen molar-refractivity contribution in [3.63, 3.8) is 0 Å². The number of nitrogens with one attached hydrogen (secondary N) is 1. The van der Waals surface area contributed by atoms with Crippen LogP contribution in [0.2, 0.25) is 0 Å². The van der Waals surface area contributed by atoms with Crippen LogP contribution in [0.25, 0.3) is 44.4 Å². The topological polar surface area (TPSA) is 101 Å². The zero-order valence-corrected chi connectivity index (χ0v) is 22.3. The van der Waals surface area contributed by atoms with Crippen molar-refractivity contribution < 1.29 is 4.55 Å². The van der Waals surface area contributed by atoms with Gasteiger partial charge in [0.25, 0.3) is 11.1 Å². The monoisotopic (exact) mass is 515 g/mol. The second kappa shape index (κ2) is 9.57. The maximum Gasteiger partial charge on any atom is 0.274 e. The summed E-state index contributed by atoms with van der Waals surface area (Å²) in [7, 11) is 3.43. The SMILES string of the molecule is CC(C)n1cc(-c2cc3c(-c4cc(=O)n(C)cc4-c4cccc(C[S+](C)[O-])c4)cn(C)c(=O)c3[nH]2)cn1. The zero-order chi connectivity index (χ0) is 26.4. The van der Waals surface area contributed by atoms with Crippen molar-refractivity contribution in [2.45, 2.75) is 25.6 Å². The smallest absolute Gasteiger partial charge is 0.274 e. The van der Waals surface area contributed by atoms with Crippen LogP contribution >= 0.6 is 0 Å². The summed E-state index contributed by atoms with van der Waals surface area (Å²) in [5, 5.41) is 5.17. The first kappa shape index (κ1) is 24.9. The fourth-order valence-electron chi connectivity index (χ4n) is 4.61. The Labute approximate surface area is 217 Å². The molecule has 1 atom stereocenters. The lowest BCUT2D eigenvalue weighted by Gasteiger charge is -2.15. The first-order chi connectivity index (χ1) is 17.6. The van der Waals surface area contributed by atoms with Gasteiger partial charge in [-0.3, -0.25) is 14.3 Å². The van der Waals surface area contributed by atoms with E-state index in [2.05, 4.69) is 23.9 Å². The fraction of sp³-hybridized carbons (Fsp3) is 0.250. The molecule has 0 spiro atoms. The third-order valence-corrected chi connectivity index (χ3v) is 7.27. The van der Waals surface area contributed by atoms with Gasteiger partial charge in [-0.05, 0) is 37.1 Å². The molecule has 37 heavy (non-hydrogen) atoms. The van der Waals surface area contributed by atoms with Crippen LogP contribution in [0.1, 0.15) is 25.5 Å². The van der Waals surface area contributed by atoms with Gasteiger partial charge in [-0.1, -0.05) is 29.4 Å². The number of nitrogens with zero attached hydrogens (tertiary/aromatic N) is 4. The van der Waals surface area contributed by atoms with E-state index in [0.717, 1.165) is 44.5 Å². The van der Waals surface area contributed by atoms with Gasteiger partial charge in [0.15, 0.2) is 0 Å². The van der Waals surface area contributed by atoms with Crippen molar-refractivity contribution in [3.05, 3.63) is 87.5 Å². The molecule has 1 N–H and O–H groups in total. The van der Waals surface area contributed by atoms with E-state index < -0.39 is 11.2 Å². The molecule has 0 radical (unpaired) electrons. The largest absolute Gasteiger partial charge is 0.616 e. The van der Waals surface area contributed by atoms with Gasteiger partial charge in [0.05, 0.1) is 12.5 Å². The number of hydrogen-bond donors (Lipinski definition) is 1. The number of pyridine rings is 2. The predicted octanol–water partition coefficient (Wildman–Crippen LogP) is 4.22. The van der Waals surface area contributed by atoms with E-state index in [0.29, 0.717) is 11.3 Å². The molecule has 1 unspecified atom stereocenters. The van der Waals surface area contributed by atoms with Gasteiger partial charge < -0.3 is 18.7 Å². The molecule has 0 saturated heterocycles. The summed E-state index contributed by atoms with van der Waals surface area (Å²) in [6, 6.07) is 11.6. The van der Waals surface area contributed by atoms with Crippen LogP contribution in [0.3, 0.4) is 0 Å². The molecule has 0 aliphatic heterocycles. The molecule has 9 heteroatoms. The Bertz CT molecular complexity index is 1740. The minimum atomic E-state index is -0.976. The van der Waals surface area contributed by atoms with E-state index in [9.17, 15) is 14.1 Å². The minimum absolute atomic E-state index is 0.152. The molecule has 5 aromatic rings. The van der Waals surface area contributed by atoms with Gasteiger partial charge in [-0.25, -0.2) is 0 Å². The predicted molar refractivity (Wildman–Crippen MR) is 149 cm³/mol. The molecule has 0 fully saturated rings. The van der Waals surface area contributed by atoms with Crippen molar-refractivity contribution in [1.29, 1.82) is 0 Å². The number of rotatable bonds is 6. The van der Waals surface area contributed by atoms with Crippen LogP contribution in [-0.2, 0) is 31.0 Å². The van der Waals surface area contributed by atoms with Crippen molar-refractivity contribution in [1.82, 2.24) is 23.9 Å². The highest BCUT2D eigenvalue weighted by atomic mass is 32.2. The highest BCUT2D eigenvalue weighted by Gasteiger charge is 2.19. The van der Waals surface area contributed by atoms with Crippen LogP contribution in [0, 0.1) is 0 Å². The third kappa shape index (κ3) is 4.68. The van der Waals surface area contributed by atoms with E-state index in [1.54, 1.807) is 43.4 Å². The summed E-state index contributed by atoms with van der Waals surface area (Å²) in [6.45, 7) is 4.11. The summed E-state index contributed by atoms with van der Waals surface area (Å²) in [5.41, 5.74) is 6.02. The Morgan fingerprint density at radius 2 is 1.73 bits per heavy atom. The average molecular weight is 516 g/mol. The van der Waals surface area contributed by atoms with Crippen LogP contribution in [0.4, 0.5) is 0 Å². The molecular weight excluding hydrogens is 486 g/mol. The average Bonchev–Trinajstić information content (AvgIpc) is 3.51. The quantitative estimate of drug-likeness (QED) is 0.342. The maximum atomic E-state index is 13.1. The van der Waals surface area contributed by atoms with E-state index in [1.807, 2.05) is 47.4 Å². The molecule has 1 aromatic carbocycles. The fourth-order valence-corrected chi connectivity index (χ4v) is 5.26. The Balaban J connectivity index is 1.75.